The topological polar surface area (TPSA) is 50.9 Å². The van der Waals surface area contributed by atoms with E-state index in [0.29, 0.717) is 17.2 Å². The van der Waals surface area contributed by atoms with Gasteiger partial charge in [-0.15, -0.1) is 0 Å². The maximum atomic E-state index is 12.8. The molecule has 0 saturated carbocycles. The van der Waals surface area contributed by atoms with Crippen LogP contribution in [0.15, 0.2) is 36.5 Å². The molecule has 1 heterocycles. The SMILES string of the molecule is Cc1ccc(Nc2cc(N)ccn2)cc1C(F)(F)F. The van der Waals surface area contributed by atoms with E-state index >= 15 is 0 Å². The molecular weight excluding hydrogens is 255 g/mol. The predicted molar refractivity (Wildman–Crippen MR) is 68.1 cm³/mol. The lowest BCUT2D eigenvalue weighted by molar-refractivity contribution is -0.138. The molecule has 3 nitrogen and oxygen atoms in total. The Morgan fingerprint density at radius 3 is 2.53 bits per heavy atom. The van der Waals surface area contributed by atoms with Crippen LogP contribution in [0.4, 0.5) is 30.4 Å². The molecule has 0 amide bonds. The molecule has 1 aromatic carbocycles. The van der Waals surface area contributed by atoms with Gasteiger partial charge in [-0.2, -0.15) is 13.2 Å². The number of pyridine rings is 1. The molecule has 0 bridgehead atoms. The van der Waals surface area contributed by atoms with Gasteiger partial charge in [0.15, 0.2) is 0 Å². The van der Waals surface area contributed by atoms with E-state index in [1.807, 2.05) is 0 Å². The van der Waals surface area contributed by atoms with Crippen molar-refractivity contribution in [1.29, 1.82) is 0 Å². The Morgan fingerprint density at radius 2 is 1.89 bits per heavy atom. The summed E-state index contributed by atoms with van der Waals surface area (Å²) in [5.74, 6) is 0.400. The van der Waals surface area contributed by atoms with Crippen molar-refractivity contribution in [1.82, 2.24) is 4.98 Å². The molecule has 0 saturated heterocycles. The van der Waals surface area contributed by atoms with E-state index in [4.69, 9.17) is 5.73 Å². The fraction of sp³-hybridized carbons (Fsp3) is 0.154. The highest BCUT2D eigenvalue weighted by Crippen LogP contribution is 2.33. The van der Waals surface area contributed by atoms with E-state index in [2.05, 4.69) is 10.3 Å². The monoisotopic (exact) mass is 267 g/mol. The minimum atomic E-state index is -4.37. The highest BCUT2D eigenvalue weighted by molar-refractivity contribution is 5.61. The Kier molecular flexibility index (Phi) is 3.33. The summed E-state index contributed by atoms with van der Waals surface area (Å²) in [5, 5.41) is 2.79. The number of hydrogen-bond acceptors (Lipinski definition) is 3. The van der Waals surface area contributed by atoms with Crippen LogP contribution >= 0.6 is 0 Å². The summed E-state index contributed by atoms with van der Waals surface area (Å²) in [4.78, 5) is 3.98. The number of aryl methyl sites for hydroxylation is 1. The summed E-state index contributed by atoms with van der Waals surface area (Å²) < 4.78 is 38.3. The van der Waals surface area contributed by atoms with E-state index in [-0.39, 0.29) is 5.56 Å². The number of nitrogens with one attached hydrogen (secondary N) is 1. The van der Waals surface area contributed by atoms with Gasteiger partial charge in [0, 0.05) is 23.6 Å². The summed E-state index contributed by atoms with van der Waals surface area (Å²) >= 11 is 0. The average molecular weight is 267 g/mol. The van der Waals surface area contributed by atoms with Crippen LogP contribution in [0.25, 0.3) is 0 Å². The lowest BCUT2D eigenvalue weighted by Crippen LogP contribution is -2.08. The second-order valence-corrected chi connectivity index (χ2v) is 4.13. The molecule has 6 heteroatoms. The number of rotatable bonds is 2. The van der Waals surface area contributed by atoms with Crippen LogP contribution in [-0.4, -0.2) is 4.98 Å². The summed E-state index contributed by atoms with van der Waals surface area (Å²) in [5.41, 5.74) is 5.89. The molecule has 19 heavy (non-hydrogen) atoms. The zero-order valence-corrected chi connectivity index (χ0v) is 10.1. The van der Waals surface area contributed by atoms with E-state index in [0.717, 1.165) is 6.07 Å². The number of alkyl halides is 3. The van der Waals surface area contributed by atoms with Crippen molar-refractivity contribution in [3.63, 3.8) is 0 Å². The number of aromatic nitrogens is 1. The second kappa shape index (κ2) is 4.79. The molecule has 3 N–H and O–H groups in total. The molecule has 0 atom stereocenters. The van der Waals surface area contributed by atoms with Crippen molar-refractivity contribution in [2.24, 2.45) is 0 Å². The van der Waals surface area contributed by atoms with Gasteiger partial charge in [0.2, 0.25) is 0 Å². The first-order valence-electron chi connectivity index (χ1n) is 5.52. The van der Waals surface area contributed by atoms with Crippen molar-refractivity contribution in [2.45, 2.75) is 13.1 Å². The minimum absolute atomic E-state index is 0.179. The van der Waals surface area contributed by atoms with Crippen molar-refractivity contribution in [3.8, 4) is 0 Å². The van der Waals surface area contributed by atoms with Gasteiger partial charge in [-0.05, 0) is 30.7 Å². The summed E-state index contributed by atoms with van der Waals surface area (Å²) in [6.45, 7) is 1.42. The van der Waals surface area contributed by atoms with E-state index < -0.39 is 11.7 Å². The number of nitrogens with two attached hydrogens (primary N) is 1. The molecule has 0 aliphatic heterocycles. The summed E-state index contributed by atoms with van der Waals surface area (Å²) in [6.07, 6.45) is -2.89. The maximum absolute atomic E-state index is 12.8. The molecular formula is C13H12F3N3. The lowest BCUT2D eigenvalue weighted by Gasteiger charge is -2.13. The number of halogens is 3. The van der Waals surface area contributed by atoms with Gasteiger partial charge in [0.1, 0.15) is 5.82 Å². The van der Waals surface area contributed by atoms with Gasteiger partial charge < -0.3 is 11.1 Å². The van der Waals surface area contributed by atoms with Gasteiger partial charge >= 0.3 is 6.18 Å². The Labute approximate surface area is 108 Å². The highest BCUT2D eigenvalue weighted by Gasteiger charge is 2.32. The van der Waals surface area contributed by atoms with E-state index in [9.17, 15) is 13.2 Å². The molecule has 0 aliphatic carbocycles. The predicted octanol–water partition coefficient (Wildman–Crippen LogP) is 3.73. The van der Waals surface area contributed by atoms with Gasteiger partial charge in [-0.3, -0.25) is 0 Å². The van der Waals surface area contributed by atoms with Crippen LogP contribution in [0, 0.1) is 6.92 Å². The summed E-state index contributed by atoms with van der Waals surface area (Å²) in [6, 6.07) is 7.18. The Balaban J connectivity index is 2.32. The number of nitrogens with zero attached hydrogens (tertiary/aromatic N) is 1. The van der Waals surface area contributed by atoms with Crippen LogP contribution in [0.3, 0.4) is 0 Å². The van der Waals surface area contributed by atoms with Crippen LogP contribution in [0.1, 0.15) is 11.1 Å². The van der Waals surface area contributed by atoms with E-state index in [1.165, 1.54) is 19.2 Å². The third-order valence-corrected chi connectivity index (χ3v) is 2.60. The number of hydrogen-bond donors (Lipinski definition) is 2. The largest absolute Gasteiger partial charge is 0.416 e. The molecule has 0 unspecified atom stereocenters. The average Bonchev–Trinajstić information content (AvgIpc) is 2.30. The van der Waals surface area contributed by atoms with Gasteiger partial charge in [0.05, 0.1) is 5.56 Å². The zero-order valence-electron chi connectivity index (χ0n) is 10.1. The van der Waals surface area contributed by atoms with Crippen LogP contribution < -0.4 is 11.1 Å². The van der Waals surface area contributed by atoms with Crippen LogP contribution in [0.5, 0.6) is 0 Å². The Hall–Kier alpha value is -2.24. The lowest BCUT2D eigenvalue weighted by atomic mass is 10.1. The molecule has 100 valence electrons. The Bertz CT molecular complexity index is 594. The molecule has 2 aromatic rings. The standard InChI is InChI=1S/C13H12F3N3/c1-8-2-3-10(7-11(8)13(14,15)16)19-12-6-9(17)4-5-18-12/h2-7H,1H3,(H3,17,18,19). The van der Waals surface area contributed by atoms with Gasteiger partial charge in [-0.25, -0.2) is 4.98 Å². The number of anilines is 3. The summed E-state index contributed by atoms with van der Waals surface area (Å²) in [7, 11) is 0. The molecule has 1 aromatic heterocycles. The fourth-order valence-corrected chi connectivity index (χ4v) is 1.67. The Morgan fingerprint density at radius 1 is 1.16 bits per heavy atom. The molecule has 2 rings (SSSR count). The molecule has 0 spiro atoms. The van der Waals surface area contributed by atoms with Gasteiger partial charge in [0.25, 0.3) is 0 Å². The van der Waals surface area contributed by atoms with Crippen LogP contribution in [-0.2, 0) is 6.18 Å². The normalized spacial score (nSPS) is 11.4. The van der Waals surface area contributed by atoms with Crippen molar-refractivity contribution in [2.75, 3.05) is 11.1 Å². The maximum Gasteiger partial charge on any atom is 0.416 e. The fourth-order valence-electron chi connectivity index (χ4n) is 1.67. The first-order valence-corrected chi connectivity index (χ1v) is 5.52. The van der Waals surface area contributed by atoms with Crippen molar-refractivity contribution >= 4 is 17.2 Å². The molecule has 0 radical (unpaired) electrons. The zero-order chi connectivity index (χ0) is 14.0. The minimum Gasteiger partial charge on any atom is -0.399 e. The quantitative estimate of drug-likeness (QED) is 0.871. The first-order chi connectivity index (χ1) is 8.86. The molecule has 0 aliphatic rings. The highest BCUT2D eigenvalue weighted by atomic mass is 19.4. The van der Waals surface area contributed by atoms with Crippen molar-refractivity contribution < 1.29 is 13.2 Å². The third kappa shape index (κ3) is 3.15. The van der Waals surface area contributed by atoms with Gasteiger partial charge in [-0.1, -0.05) is 6.07 Å². The second-order valence-electron chi connectivity index (χ2n) is 4.13. The third-order valence-electron chi connectivity index (χ3n) is 2.60. The number of benzene rings is 1. The smallest absolute Gasteiger partial charge is 0.399 e. The molecule has 0 fully saturated rings. The van der Waals surface area contributed by atoms with Crippen molar-refractivity contribution in [3.05, 3.63) is 47.7 Å². The first kappa shape index (κ1) is 13.2. The number of nitrogen functional groups attached to an aromatic ring is 1. The van der Waals surface area contributed by atoms with Crippen LogP contribution in [0.2, 0.25) is 0 Å². The van der Waals surface area contributed by atoms with E-state index in [1.54, 1.807) is 18.2 Å².